The second kappa shape index (κ2) is 9.06. The fraction of sp³-hybridized carbons (Fsp3) is 0.778. The Morgan fingerprint density at radius 2 is 2.04 bits per heavy atom. The minimum absolute atomic E-state index is 0.384. The van der Waals surface area contributed by atoms with Crippen LogP contribution in [0.3, 0.4) is 0 Å². The molecule has 6 heteroatoms. The van der Waals surface area contributed by atoms with Crippen molar-refractivity contribution in [1.29, 1.82) is 0 Å². The molecule has 136 valence electrons. The van der Waals surface area contributed by atoms with Crippen molar-refractivity contribution in [2.75, 3.05) is 33.2 Å². The molecular formula is C18H33N5O. The maximum absolute atomic E-state index is 5.34. The van der Waals surface area contributed by atoms with Crippen LogP contribution >= 0.6 is 0 Å². The third kappa shape index (κ3) is 5.82. The Bertz CT molecular complexity index is 515. The summed E-state index contributed by atoms with van der Waals surface area (Å²) < 4.78 is 5.34. The molecule has 0 aromatic carbocycles. The van der Waals surface area contributed by atoms with Crippen molar-refractivity contribution in [1.82, 2.24) is 20.7 Å². The number of rotatable bonds is 6. The molecule has 2 atom stereocenters. The topological polar surface area (TPSA) is 65.7 Å². The largest absolute Gasteiger partial charge is 0.359 e. The molecule has 0 saturated carbocycles. The van der Waals surface area contributed by atoms with Gasteiger partial charge in [-0.15, -0.1) is 0 Å². The highest BCUT2D eigenvalue weighted by atomic mass is 16.5. The number of guanidine groups is 1. The third-order valence-electron chi connectivity index (χ3n) is 4.49. The maximum Gasteiger partial charge on any atom is 0.191 e. The summed E-state index contributed by atoms with van der Waals surface area (Å²) in [4.78, 5) is 6.82. The summed E-state index contributed by atoms with van der Waals surface area (Å²) in [6.07, 6.45) is 1.35. The van der Waals surface area contributed by atoms with Gasteiger partial charge < -0.3 is 20.1 Å². The standard InChI is InChI=1S/C18H33N5O/c1-13(2)17-9-16(24-22-17)10-21-18(19-5)20-6-7-23-11-14(3)8-15(4)12-23/h9,13-15H,6-8,10-12H2,1-5H3,(H2,19,20,21). The molecule has 2 unspecified atom stereocenters. The predicted octanol–water partition coefficient (Wildman–Crippen LogP) is 2.44. The Hall–Kier alpha value is -1.56. The molecular weight excluding hydrogens is 302 g/mol. The van der Waals surface area contributed by atoms with Crippen LogP contribution in [0.15, 0.2) is 15.6 Å². The average molecular weight is 335 g/mol. The van der Waals surface area contributed by atoms with Gasteiger partial charge in [0.2, 0.25) is 0 Å². The van der Waals surface area contributed by atoms with Crippen molar-refractivity contribution in [3.63, 3.8) is 0 Å². The van der Waals surface area contributed by atoms with Crippen molar-refractivity contribution in [3.05, 3.63) is 17.5 Å². The van der Waals surface area contributed by atoms with Crippen LogP contribution in [0.5, 0.6) is 0 Å². The van der Waals surface area contributed by atoms with E-state index >= 15 is 0 Å². The number of hydrogen-bond acceptors (Lipinski definition) is 4. The SMILES string of the molecule is CN=C(NCCN1CC(C)CC(C)C1)NCc1cc(C(C)C)no1. The van der Waals surface area contributed by atoms with Gasteiger partial charge in [0.25, 0.3) is 0 Å². The number of piperidine rings is 1. The lowest BCUT2D eigenvalue weighted by atomic mass is 9.92. The van der Waals surface area contributed by atoms with Gasteiger partial charge in [-0.05, 0) is 24.2 Å². The Labute approximate surface area is 146 Å². The molecule has 1 saturated heterocycles. The van der Waals surface area contributed by atoms with Gasteiger partial charge >= 0.3 is 0 Å². The van der Waals surface area contributed by atoms with Crippen LogP contribution in [0.25, 0.3) is 0 Å². The van der Waals surface area contributed by atoms with Gasteiger partial charge in [0, 0.05) is 39.3 Å². The third-order valence-corrected chi connectivity index (χ3v) is 4.49. The number of aliphatic imine (C=N–C) groups is 1. The van der Waals surface area contributed by atoms with Crippen LogP contribution in [0.1, 0.15) is 51.5 Å². The van der Waals surface area contributed by atoms with Gasteiger partial charge in [0.05, 0.1) is 12.2 Å². The van der Waals surface area contributed by atoms with Gasteiger partial charge in [-0.3, -0.25) is 4.99 Å². The van der Waals surface area contributed by atoms with Crippen LogP contribution in [-0.2, 0) is 6.54 Å². The first-order valence-corrected chi connectivity index (χ1v) is 9.10. The molecule has 0 aliphatic carbocycles. The molecule has 0 amide bonds. The van der Waals surface area contributed by atoms with Crippen molar-refractivity contribution in [2.45, 2.75) is 46.6 Å². The first-order chi connectivity index (χ1) is 11.5. The molecule has 0 bridgehead atoms. The van der Waals surface area contributed by atoms with Gasteiger partial charge in [0.1, 0.15) is 0 Å². The monoisotopic (exact) mass is 335 g/mol. The smallest absolute Gasteiger partial charge is 0.191 e. The Kier molecular flexibility index (Phi) is 7.09. The average Bonchev–Trinajstić information content (AvgIpc) is 2.99. The second-order valence-corrected chi connectivity index (χ2v) is 7.43. The van der Waals surface area contributed by atoms with E-state index in [-0.39, 0.29) is 0 Å². The molecule has 2 rings (SSSR count). The first kappa shape index (κ1) is 18.8. The predicted molar refractivity (Wildman–Crippen MR) is 98.2 cm³/mol. The lowest BCUT2D eigenvalue weighted by Crippen LogP contribution is -2.45. The van der Waals surface area contributed by atoms with E-state index in [2.05, 4.69) is 53.4 Å². The number of nitrogens with zero attached hydrogens (tertiary/aromatic N) is 3. The molecule has 1 aromatic heterocycles. The van der Waals surface area contributed by atoms with E-state index in [0.29, 0.717) is 12.5 Å². The van der Waals surface area contributed by atoms with E-state index in [1.165, 1.54) is 19.5 Å². The summed E-state index contributed by atoms with van der Waals surface area (Å²) in [7, 11) is 1.79. The summed E-state index contributed by atoms with van der Waals surface area (Å²) in [5, 5.41) is 10.7. The molecule has 1 aromatic rings. The summed E-state index contributed by atoms with van der Waals surface area (Å²) in [6.45, 7) is 13.9. The first-order valence-electron chi connectivity index (χ1n) is 9.10. The maximum atomic E-state index is 5.34. The minimum atomic E-state index is 0.384. The Balaban J connectivity index is 1.70. The van der Waals surface area contributed by atoms with E-state index < -0.39 is 0 Å². The molecule has 0 radical (unpaired) electrons. The highest BCUT2D eigenvalue weighted by Gasteiger charge is 2.21. The summed E-state index contributed by atoms with van der Waals surface area (Å²) >= 11 is 0. The number of hydrogen-bond donors (Lipinski definition) is 2. The Morgan fingerprint density at radius 1 is 1.33 bits per heavy atom. The zero-order valence-electron chi connectivity index (χ0n) is 15.8. The molecule has 2 heterocycles. The van der Waals surface area contributed by atoms with Crippen molar-refractivity contribution in [3.8, 4) is 0 Å². The van der Waals surface area contributed by atoms with E-state index in [9.17, 15) is 0 Å². The second-order valence-electron chi connectivity index (χ2n) is 7.43. The van der Waals surface area contributed by atoms with E-state index in [0.717, 1.165) is 42.3 Å². The lowest BCUT2D eigenvalue weighted by Gasteiger charge is -2.35. The van der Waals surface area contributed by atoms with Gasteiger partial charge in [-0.2, -0.15) is 0 Å². The molecule has 1 aliphatic rings. The molecule has 1 fully saturated rings. The highest BCUT2D eigenvalue weighted by Crippen LogP contribution is 2.20. The summed E-state index contributed by atoms with van der Waals surface area (Å²) in [6, 6.07) is 2.00. The van der Waals surface area contributed by atoms with Crippen LogP contribution in [0.2, 0.25) is 0 Å². The van der Waals surface area contributed by atoms with E-state index in [1.807, 2.05) is 6.07 Å². The van der Waals surface area contributed by atoms with Crippen molar-refractivity contribution < 1.29 is 4.52 Å². The zero-order chi connectivity index (χ0) is 17.5. The molecule has 24 heavy (non-hydrogen) atoms. The van der Waals surface area contributed by atoms with Crippen LogP contribution in [0, 0.1) is 11.8 Å². The summed E-state index contributed by atoms with van der Waals surface area (Å²) in [5.74, 6) is 3.62. The highest BCUT2D eigenvalue weighted by molar-refractivity contribution is 5.79. The summed E-state index contributed by atoms with van der Waals surface area (Å²) in [5.41, 5.74) is 0.989. The molecule has 2 N–H and O–H groups in total. The fourth-order valence-electron chi connectivity index (χ4n) is 3.38. The molecule has 0 spiro atoms. The van der Waals surface area contributed by atoms with Gasteiger partial charge in [-0.25, -0.2) is 0 Å². The number of likely N-dealkylation sites (tertiary alicyclic amines) is 1. The zero-order valence-corrected chi connectivity index (χ0v) is 15.8. The van der Waals surface area contributed by atoms with Crippen molar-refractivity contribution >= 4 is 5.96 Å². The number of aromatic nitrogens is 1. The van der Waals surface area contributed by atoms with E-state index in [4.69, 9.17) is 4.52 Å². The minimum Gasteiger partial charge on any atom is -0.359 e. The van der Waals surface area contributed by atoms with E-state index in [1.54, 1.807) is 7.05 Å². The van der Waals surface area contributed by atoms with Gasteiger partial charge in [-0.1, -0.05) is 32.9 Å². The lowest BCUT2D eigenvalue weighted by molar-refractivity contribution is 0.143. The normalized spacial score (nSPS) is 22.8. The van der Waals surface area contributed by atoms with Gasteiger partial charge in [0.15, 0.2) is 11.7 Å². The quantitative estimate of drug-likeness (QED) is 0.617. The fourth-order valence-corrected chi connectivity index (χ4v) is 3.38. The van der Waals surface area contributed by atoms with Crippen LogP contribution in [0.4, 0.5) is 0 Å². The van der Waals surface area contributed by atoms with Crippen LogP contribution in [-0.4, -0.2) is 49.2 Å². The van der Waals surface area contributed by atoms with Crippen LogP contribution < -0.4 is 10.6 Å². The Morgan fingerprint density at radius 3 is 2.62 bits per heavy atom. The molecule has 6 nitrogen and oxygen atoms in total. The van der Waals surface area contributed by atoms with Crippen molar-refractivity contribution in [2.24, 2.45) is 16.8 Å². The molecule has 1 aliphatic heterocycles. The number of nitrogens with one attached hydrogen (secondary N) is 2.